The Labute approximate surface area is 202 Å². The molecule has 1 N–H and O–H groups in total. The fourth-order valence-corrected chi connectivity index (χ4v) is 5.30. The van der Waals surface area contributed by atoms with Gasteiger partial charge in [0, 0.05) is 34.6 Å². The van der Waals surface area contributed by atoms with Crippen LogP contribution in [0.1, 0.15) is 69.7 Å². The van der Waals surface area contributed by atoms with E-state index in [1.54, 1.807) is 6.92 Å². The molecule has 3 nitrogen and oxygen atoms in total. The second-order valence-electron chi connectivity index (χ2n) is 9.20. The molecule has 1 aliphatic rings. The Morgan fingerprint density at radius 1 is 1.22 bits per heavy atom. The lowest BCUT2D eigenvalue weighted by molar-refractivity contribution is -0.117. The van der Waals surface area contributed by atoms with Crippen LogP contribution in [-0.4, -0.2) is 28.8 Å². The molecule has 0 bridgehead atoms. The van der Waals surface area contributed by atoms with Crippen molar-refractivity contribution in [3.63, 3.8) is 0 Å². The Kier molecular flexibility index (Phi) is 8.57. The molecule has 2 aromatic rings. The topological polar surface area (TPSA) is 32.3 Å². The van der Waals surface area contributed by atoms with Gasteiger partial charge in [0.1, 0.15) is 5.78 Å². The molecule has 172 valence electrons. The fraction of sp³-hybridized carbons (Fsp3) is 0.444. The smallest absolute Gasteiger partial charge is 0.129 e. The van der Waals surface area contributed by atoms with Crippen molar-refractivity contribution in [2.75, 3.05) is 6.54 Å². The third-order valence-corrected chi connectivity index (χ3v) is 6.98. The molecular weight excluding hydrogens is 439 g/mol. The van der Waals surface area contributed by atoms with Gasteiger partial charge in [-0.3, -0.25) is 4.90 Å². The number of halogens is 2. The van der Waals surface area contributed by atoms with E-state index in [4.69, 9.17) is 23.2 Å². The lowest BCUT2D eigenvalue weighted by Gasteiger charge is -2.53. The minimum atomic E-state index is -0.151. The molecule has 0 spiro atoms. The van der Waals surface area contributed by atoms with Gasteiger partial charge in [-0.1, -0.05) is 60.5 Å². The van der Waals surface area contributed by atoms with E-state index in [1.807, 2.05) is 30.3 Å². The molecule has 0 saturated carbocycles. The zero-order chi connectivity index (χ0) is 23.3. The minimum absolute atomic E-state index is 0.0277. The van der Waals surface area contributed by atoms with Gasteiger partial charge in [0.15, 0.2) is 0 Å². The van der Waals surface area contributed by atoms with Gasteiger partial charge in [-0.2, -0.15) is 0 Å². The molecular formula is C27H34Cl2N2O. The Morgan fingerprint density at radius 2 is 1.94 bits per heavy atom. The quantitative estimate of drug-likeness (QED) is 0.392. The highest BCUT2D eigenvalue weighted by Crippen LogP contribution is 2.43. The average molecular weight is 473 g/mol. The lowest BCUT2D eigenvalue weighted by atomic mass is 9.81. The van der Waals surface area contributed by atoms with Crippen molar-refractivity contribution < 1.29 is 4.79 Å². The van der Waals surface area contributed by atoms with Gasteiger partial charge in [0.2, 0.25) is 0 Å². The van der Waals surface area contributed by atoms with Crippen LogP contribution < -0.4 is 5.32 Å². The van der Waals surface area contributed by atoms with Crippen LogP contribution in [0.5, 0.6) is 0 Å². The SMILES string of the molecule is C=CC[C@@]1(C)CN([C@@H](CC)CCC(C)=O)[C@@H](c2ccc(Cl)cc2)[C@@H](c2cccc(Cl)c2)N1. The van der Waals surface area contributed by atoms with Crippen molar-refractivity contribution in [3.8, 4) is 0 Å². The molecule has 0 radical (unpaired) electrons. The Balaban J connectivity index is 2.12. The molecule has 1 saturated heterocycles. The Morgan fingerprint density at radius 3 is 2.53 bits per heavy atom. The summed E-state index contributed by atoms with van der Waals surface area (Å²) < 4.78 is 0. The summed E-state index contributed by atoms with van der Waals surface area (Å²) in [6.07, 6.45) is 5.25. The molecule has 1 heterocycles. The average Bonchev–Trinajstić information content (AvgIpc) is 2.74. The van der Waals surface area contributed by atoms with E-state index in [0.29, 0.717) is 6.42 Å². The van der Waals surface area contributed by atoms with Crippen LogP contribution in [0, 0.1) is 0 Å². The van der Waals surface area contributed by atoms with Crippen molar-refractivity contribution in [2.24, 2.45) is 0 Å². The number of nitrogens with one attached hydrogen (secondary N) is 1. The molecule has 0 aromatic heterocycles. The van der Waals surface area contributed by atoms with Crippen LogP contribution in [0.3, 0.4) is 0 Å². The molecule has 1 fully saturated rings. The summed E-state index contributed by atoms with van der Waals surface area (Å²) in [7, 11) is 0. The monoisotopic (exact) mass is 472 g/mol. The lowest BCUT2D eigenvalue weighted by Crippen LogP contribution is -2.62. The number of carbonyl (C=O) groups excluding carboxylic acids is 1. The van der Waals surface area contributed by atoms with Crippen molar-refractivity contribution in [3.05, 3.63) is 82.4 Å². The van der Waals surface area contributed by atoms with Crippen molar-refractivity contribution in [1.29, 1.82) is 0 Å². The fourth-order valence-electron chi connectivity index (χ4n) is 4.97. The molecule has 0 unspecified atom stereocenters. The zero-order valence-corrected chi connectivity index (χ0v) is 20.8. The largest absolute Gasteiger partial charge is 0.301 e. The van der Waals surface area contributed by atoms with Gasteiger partial charge < -0.3 is 10.1 Å². The first-order valence-corrected chi connectivity index (χ1v) is 12.2. The number of piperazine rings is 1. The van der Waals surface area contributed by atoms with E-state index >= 15 is 0 Å². The summed E-state index contributed by atoms with van der Waals surface area (Å²) >= 11 is 12.6. The van der Waals surface area contributed by atoms with Gasteiger partial charge in [-0.15, -0.1) is 6.58 Å². The summed E-state index contributed by atoms with van der Waals surface area (Å²) in [5.41, 5.74) is 2.20. The van der Waals surface area contributed by atoms with Crippen LogP contribution in [0.4, 0.5) is 0 Å². The first kappa shape index (κ1) is 25.0. The first-order valence-electron chi connectivity index (χ1n) is 11.4. The highest BCUT2D eigenvalue weighted by Gasteiger charge is 2.44. The van der Waals surface area contributed by atoms with E-state index in [-0.39, 0.29) is 29.4 Å². The summed E-state index contributed by atoms with van der Waals surface area (Å²) in [6.45, 7) is 11.0. The standard InChI is InChI=1S/C27H34Cl2N2O/c1-5-16-27(4)18-31(24(6-2)15-10-19(3)32)26(20-11-13-22(28)14-12-20)25(30-27)21-8-7-9-23(29)17-21/h5,7-9,11-14,17,24-26,30H,1,6,10,15-16,18H2,2-4H3/t24-,25+,26-,27-/m0/s1. The van der Waals surface area contributed by atoms with Crippen molar-refractivity contribution in [1.82, 2.24) is 10.2 Å². The molecule has 2 aromatic carbocycles. The maximum absolute atomic E-state index is 11.8. The van der Waals surface area contributed by atoms with Gasteiger partial charge in [0.25, 0.3) is 0 Å². The van der Waals surface area contributed by atoms with Crippen LogP contribution in [0.2, 0.25) is 10.0 Å². The number of ketones is 1. The summed E-state index contributed by atoms with van der Waals surface area (Å²) in [5, 5.41) is 5.39. The van der Waals surface area contributed by atoms with E-state index < -0.39 is 0 Å². The number of rotatable bonds is 9. The second kappa shape index (κ2) is 11.0. The number of hydrogen-bond donors (Lipinski definition) is 1. The molecule has 0 aliphatic carbocycles. The molecule has 4 atom stereocenters. The van der Waals surface area contributed by atoms with E-state index in [9.17, 15) is 4.79 Å². The number of nitrogens with zero attached hydrogens (tertiary/aromatic N) is 1. The summed E-state index contributed by atoms with van der Waals surface area (Å²) in [4.78, 5) is 14.4. The Hall–Kier alpha value is -1.65. The van der Waals surface area contributed by atoms with E-state index in [0.717, 1.165) is 41.4 Å². The van der Waals surface area contributed by atoms with Crippen LogP contribution in [0.25, 0.3) is 0 Å². The molecule has 1 aliphatic heterocycles. The highest BCUT2D eigenvalue weighted by molar-refractivity contribution is 6.30. The number of carbonyl (C=O) groups is 1. The van der Waals surface area contributed by atoms with E-state index in [1.165, 1.54) is 5.56 Å². The Bertz CT molecular complexity index is 930. The van der Waals surface area contributed by atoms with E-state index in [2.05, 4.69) is 54.9 Å². The van der Waals surface area contributed by atoms with Crippen LogP contribution in [0.15, 0.2) is 61.2 Å². The number of hydrogen-bond acceptors (Lipinski definition) is 3. The van der Waals surface area contributed by atoms with Crippen molar-refractivity contribution >= 4 is 29.0 Å². The van der Waals surface area contributed by atoms with Gasteiger partial charge >= 0.3 is 0 Å². The maximum Gasteiger partial charge on any atom is 0.129 e. The second-order valence-corrected chi connectivity index (χ2v) is 10.1. The van der Waals surface area contributed by atoms with Gasteiger partial charge in [-0.05, 0) is 68.5 Å². The molecule has 32 heavy (non-hydrogen) atoms. The van der Waals surface area contributed by atoms with Crippen LogP contribution >= 0.6 is 23.2 Å². The number of benzene rings is 2. The minimum Gasteiger partial charge on any atom is -0.301 e. The van der Waals surface area contributed by atoms with Gasteiger partial charge in [-0.25, -0.2) is 0 Å². The summed E-state index contributed by atoms with van der Waals surface area (Å²) in [6, 6.07) is 16.7. The van der Waals surface area contributed by atoms with Crippen LogP contribution in [-0.2, 0) is 4.79 Å². The normalized spacial score (nSPS) is 24.8. The molecule has 0 amide bonds. The predicted molar refractivity (Wildman–Crippen MR) is 135 cm³/mol. The third kappa shape index (κ3) is 6.02. The molecule has 3 rings (SSSR count). The first-order chi connectivity index (χ1) is 15.3. The number of Topliss-reactive ketones (excluding diaryl/α,β-unsaturated/α-hetero) is 1. The van der Waals surface area contributed by atoms with Crippen molar-refractivity contribution in [2.45, 2.75) is 70.1 Å². The highest BCUT2D eigenvalue weighted by atomic mass is 35.5. The molecule has 5 heteroatoms. The maximum atomic E-state index is 11.8. The predicted octanol–water partition coefficient (Wildman–Crippen LogP) is 7.16. The third-order valence-electron chi connectivity index (χ3n) is 6.49. The van der Waals surface area contributed by atoms with Gasteiger partial charge in [0.05, 0.1) is 12.1 Å². The summed E-state index contributed by atoms with van der Waals surface area (Å²) in [5.74, 6) is 0.238. The zero-order valence-electron chi connectivity index (χ0n) is 19.3.